The van der Waals surface area contributed by atoms with Gasteiger partial charge < -0.3 is 14.9 Å². The van der Waals surface area contributed by atoms with Crippen molar-refractivity contribution in [3.8, 4) is 0 Å². The van der Waals surface area contributed by atoms with Gasteiger partial charge in [-0.25, -0.2) is 9.78 Å². The van der Waals surface area contributed by atoms with Crippen molar-refractivity contribution in [3.63, 3.8) is 0 Å². The highest BCUT2D eigenvalue weighted by Crippen LogP contribution is 2.22. The van der Waals surface area contributed by atoms with Crippen molar-refractivity contribution < 1.29 is 14.4 Å². The molecule has 2 aromatic heterocycles. The zero-order chi connectivity index (χ0) is 12.3. The van der Waals surface area contributed by atoms with Gasteiger partial charge in [0.1, 0.15) is 4.88 Å². The van der Waals surface area contributed by atoms with Crippen molar-refractivity contribution in [1.29, 1.82) is 0 Å². The van der Waals surface area contributed by atoms with Crippen molar-refractivity contribution in [2.45, 2.75) is 13.3 Å². The molecule has 0 fully saturated rings. The van der Waals surface area contributed by atoms with Crippen molar-refractivity contribution in [3.05, 3.63) is 22.8 Å². The van der Waals surface area contributed by atoms with E-state index >= 15 is 0 Å². The fourth-order valence-electron chi connectivity index (χ4n) is 1.25. The van der Waals surface area contributed by atoms with E-state index in [1.54, 1.807) is 6.92 Å². The summed E-state index contributed by atoms with van der Waals surface area (Å²) < 4.78 is 4.83. The van der Waals surface area contributed by atoms with Crippen LogP contribution in [0.5, 0.6) is 0 Å². The molecule has 90 valence electrons. The van der Waals surface area contributed by atoms with E-state index in [-0.39, 0.29) is 4.88 Å². The molecule has 0 unspecified atom stereocenters. The summed E-state index contributed by atoms with van der Waals surface area (Å²) in [4.78, 5) is 19.0. The number of thiazole rings is 1. The van der Waals surface area contributed by atoms with Crippen LogP contribution in [0, 0.1) is 6.92 Å². The third-order valence-electron chi connectivity index (χ3n) is 2.01. The van der Waals surface area contributed by atoms with E-state index in [0.29, 0.717) is 29.7 Å². The molecular weight excluding hydrogens is 244 g/mol. The van der Waals surface area contributed by atoms with Gasteiger partial charge in [0.2, 0.25) is 5.89 Å². The molecule has 2 rings (SSSR count). The van der Waals surface area contributed by atoms with Crippen molar-refractivity contribution in [2.75, 3.05) is 11.9 Å². The molecule has 2 N–H and O–H groups in total. The molecule has 2 aromatic rings. The molecule has 0 bridgehead atoms. The van der Waals surface area contributed by atoms with Crippen LogP contribution in [0.3, 0.4) is 0 Å². The lowest BCUT2D eigenvalue weighted by molar-refractivity contribution is 0.0701. The number of rotatable bonds is 5. The van der Waals surface area contributed by atoms with Crippen molar-refractivity contribution in [1.82, 2.24) is 15.1 Å². The first-order chi connectivity index (χ1) is 8.16. The average Bonchev–Trinajstić information content (AvgIpc) is 2.88. The molecule has 2 heterocycles. The van der Waals surface area contributed by atoms with E-state index in [2.05, 4.69) is 20.4 Å². The van der Waals surface area contributed by atoms with Crippen LogP contribution in [0.15, 0.2) is 10.9 Å². The van der Waals surface area contributed by atoms with Gasteiger partial charge in [0.25, 0.3) is 0 Å². The molecular formula is C9H10N4O3S. The number of nitrogens with one attached hydrogen (secondary N) is 1. The first-order valence-electron chi connectivity index (χ1n) is 4.87. The van der Waals surface area contributed by atoms with Gasteiger partial charge >= 0.3 is 5.97 Å². The number of carboxylic acid groups (broad SMARTS) is 1. The summed E-state index contributed by atoms with van der Waals surface area (Å²) in [6, 6.07) is 0. The first kappa shape index (κ1) is 11.5. The van der Waals surface area contributed by atoms with Crippen LogP contribution in [-0.2, 0) is 6.42 Å². The molecule has 17 heavy (non-hydrogen) atoms. The van der Waals surface area contributed by atoms with Gasteiger partial charge in [0, 0.05) is 13.0 Å². The maximum Gasteiger partial charge on any atom is 0.347 e. The van der Waals surface area contributed by atoms with Gasteiger partial charge in [0.05, 0.1) is 5.69 Å². The molecule has 8 heteroatoms. The summed E-state index contributed by atoms with van der Waals surface area (Å²) in [6.45, 7) is 2.23. The largest absolute Gasteiger partial charge is 0.477 e. The Kier molecular flexibility index (Phi) is 3.33. The Labute approximate surface area is 100 Å². The van der Waals surface area contributed by atoms with Gasteiger partial charge in [-0.05, 0) is 6.92 Å². The van der Waals surface area contributed by atoms with Gasteiger partial charge in [-0.2, -0.15) is 4.98 Å². The standard InChI is InChI=1S/C9H10N4O3S/c1-5-7(8(14)15)17-9(13-5)10-3-2-6-11-4-12-16-6/h4H,2-3H2,1H3,(H,10,13)(H,14,15). The number of hydrogen-bond acceptors (Lipinski definition) is 7. The summed E-state index contributed by atoms with van der Waals surface area (Å²) in [5, 5.41) is 15.9. The Balaban J connectivity index is 1.91. The predicted molar refractivity (Wildman–Crippen MR) is 60.3 cm³/mol. The van der Waals surface area contributed by atoms with Crippen LogP contribution in [0.1, 0.15) is 21.3 Å². The molecule has 0 aliphatic heterocycles. The highest BCUT2D eigenvalue weighted by atomic mass is 32.1. The number of aryl methyl sites for hydroxylation is 1. The van der Waals surface area contributed by atoms with E-state index in [9.17, 15) is 4.79 Å². The monoisotopic (exact) mass is 254 g/mol. The Bertz CT molecular complexity index is 508. The van der Waals surface area contributed by atoms with Gasteiger partial charge in [-0.3, -0.25) is 0 Å². The topological polar surface area (TPSA) is 101 Å². The Morgan fingerprint density at radius 2 is 2.47 bits per heavy atom. The summed E-state index contributed by atoms with van der Waals surface area (Å²) in [5.41, 5.74) is 0.516. The van der Waals surface area contributed by atoms with Crippen LogP contribution >= 0.6 is 11.3 Å². The Hall–Kier alpha value is -1.96. The zero-order valence-corrected chi connectivity index (χ0v) is 9.82. The van der Waals surface area contributed by atoms with Crippen molar-refractivity contribution in [2.24, 2.45) is 0 Å². The van der Waals surface area contributed by atoms with E-state index < -0.39 is 5.97 Å². The number of aromatic carboxylic acids is 1. The Morgan fingerprint density at radius 1 is 1.65 bits per heavy atom. The molecule has 0 spiro atoms. The fraction of sp³-hybridized carbons (Fsp3) is 0.333. The third-order valence-corrected chi connectivity index (χ3v) is 3.12. The second-order valence-electron chi connectivity index (χ2n) is 3.25. The Morgan fingerprint density at radius 3 is 3.06 bits per heavy atom. The summed E-state index contributed by atoms with van der Waals surface area (Å²) >= 11 is 1.12. The van der Waals surface area contributed by atoms with E-state index in [4.69, 9.17) is 9.63 Å². The predicted octanol–water partition coefficient (Wildman–Crippen LogP) is 1.19. The second kappa shape index (κ2) is 4.91. The van der Waals surface area contributed by atoms with E-state index in [1.165, 1.54) is 6.33 Å². The summed E-state index contributed by atoms with van der Waals surface area (Å²) in [5.74, 6) is -0.422. The number of aromatic nitrogens is 3. The molecule has 0 atom stereocenters. The summed E-state index contributed by atoms with van der Waals surface area (Å²) in [7, 11) is 0. The number of nitrogens with zero attached hydrogens (tertiary/aromatic N) is 3. The van der Waals surface area contributed by atoms with E-state index in [0.717, 1.165) is 11.3 Å². The maximum absolute atomic E-state index is 10.8. The minimum Gasteiger partial charge on any atom is -0.477 e. The molecule has 0 saturated heterocycles. The number of carboxylic acids is 1. The first-order valence-corrected chi connectivity index (χ1v) is 5.68. The molecule has 0 aliphatic carbocycles. The molecule has 0 aliphatic rings. The van der Waals surface area contributed by atoms with Gasteiger partial charge in [-0.1, -0.05) is 16.5 Å². The fourth-order valence-corrected chi connectivity index (χ4v) is 2.08. The van der Waals surface area contributed by atoms with Crippen LogP contribution in [0.4, 0.5) is 5.13 Å². The highest BCUT2D eigenvalue weighted by Gasteiger charge is 2.13. The lowest BCUT2D eigenvalue weighted by Gasteiger charge is -1.97. The SMILES string of the molecule is Cc1nc(NCCc2ncno2)sc1C(=O)O. The number of hydrogen-bond donors (Lipinski definition) is 2. The highest BCUT2D eigenvalue weighted by molar-refractivity contribution is 7.17. The van der Waals surface area contributed by atoms with Crippen LogP contribution in [-0.4, -0.2) is 32.7 Å². The zero-order valence-electron chi connectivity index (χ0n) is 9.01. The average molecular weight is 254 g/mol. The van der Waals surface area contributed by atoms with Crippen LogP contribution in [0.25, 0.3) is 0 Å². The summed E-state index contributed by atoms with van der Waals surface area (Å²) in [6.07, 6.45) is 1.91. The number of anilines is 1. The maximum atomic E-state index is 10.8. The second-order valence-corrected chi connectivity index (χ2v) is 4.25. The molecule has 0 radical (unpaired) electrons. The molecule has 0 aromatic carbocycles. The molecule has 0 saturated carbocycles. The van der Waals surface area contributed by atoms with Gasteiger partial charge in [-0.15, -0.1) is 0 Å². The quantitative estimate of drug-likeness (QED) is 0.826. The third kappa shape index (κ3) is 2.78. The van der Waals surface area contributed by atoms with Gasteiger partial charge in [0.15, 0.2) is 11.5 Å². The normalized spacial score (nSPS) is 10.4. The van der Waals surface area contributed by atoms with E-state index in [1.807, 2.05) is 0 Å². The minimum absolute atomic E-state index is 0.255. The van der Waals surface area contributed by atoms with Crippen LogP contribution < -0.4 is 5.32 Å². The smallest absolute Gasteiger partial charge is 0.347 e. The molecule has 7 nitrogen and oxygen atoms in total. The minimum atomic E-state index is -0.954. The molecule has 0 amide bonds. The number of carbonyl (C=O) groups is 1. The van der Waals surface area contributed by atoms with Crippen LogP contribution in [0.2, 0.25) is 0 Å². The lowest BCUT2D eigenvalue weighted by atomic mass is 10.4. The van der Waals surface area contributed by atoms with Crippen molar-refractivity contribution >= 4 is 22.4 Å². The lowest BCUT2D eigenvalue weighted by Crippen LogP contribution is -2.04.